The van der Waals surface area contributed by atoms with Gasteiger partial charge in [0.1, 0.15) is 0 Å². The lowest BCUT2D eigenvalue weighted by Crippen LogP contribution is -2.34. The highest BCUT2D eigenvalue weighted by Crippen LogP contribution is 2.48. The van der Waals surface area contributed by atoms with Gasteiger partial charge >= 0.3 is 0 Å². The molecule has 2 fully saturated rings. The number of nitrogens with zero attached hydrogens (tertiary/aromatic N) is 1. The van der Waals surface area contributed by atoms with Crippen molar-refractivity contribution in [2.75, 3.05) is 19.6 Å². The van der Waals surface area contributed by atoms with Crippen LogP contribution in [0.5, 0.6) is 0 Å². The van der Waals surface area contributed by atoms with Crippen molar-refractivity contribution in [1.82, 2.24) is 4.90 Å². The van der Waals surface area contributed by atoms with Crippen molar-refractivity contribution in [3.05, 3.63) is 0 Å². The standard InChI is InChI=1S/C13H24N2S/c1-2-15(6-5-13(14)16)9-12-8-10-3-4-11(12)7-10/h10-12H,2-9H2,1H3,(H2,14,16). The summed E-state index contributed by atoms with van der Waals surface area (Å²) < 4.78 is 0. The Balaban J connectivity index is 1.76. The maximum atomic E-state index is 5.57. The van der Waals surface area contributed by atoms with Crippen LogP contribution in [0, 0.1) is 17.8 Å². The van der Waals surface area contributed by atoms with E-state index in [0.29, 0.717) is 4.99 Å². The molecular weight excluding hydrogens is 216 g/mol. The number of thiocarbonyl (C=S) groups is 1. The Labute approximate surface area is 105 Å². The van der Waals surface area contributed by atoms with Crippen LogP contribution >= 0.6 is 12.2 Å². The molecule has 0 aromatic heterocycles. The molecule has 2 saturated carbocycles. The van der Waals surface area contributed by atoms with E-state index in [4.69, 9.17) is 18.0 Å². The van der Waals surface area contributed by atoms with E-state index >= 15 is 0 Å². The summed E-state index contributed by atoms with van der Waals surface area (Å²) in [7, 11) is 0. The third kappa shape index (κ3) is 2.95. The van der Waals surface area contributed by atoms with Gasteiger partial charge in [-0.15, -0.1) is 0 Å². The van der Waals surface area contributed by atoms with Crippen LogP contribution in [0.1, 0.15) is 39.0 Å². The van der Waals surface area contributed by atoms with Crippen LogP contribution in [0.25, 0.3) is 0 Å². The quantitative estimate of drug-likeness (QED) is 0.723. The first kappa shape index (κ1) is 12.3. The van der Waals surface area contributed by atoms with Crippen LogP contribution in [0.2, 0.25) is 0 Å². The van der Waals surface area contributed by atoms with Crippen molar-refractivity contribution in [2.24, 2.45) is 23.5 Å². The predicted molar refractivity (Wildman–Crippen MR) is 72.5 cm³/mol. The van der Waals surface area contributed by atoms with Gasteiger partial charge in [0.05, 0.1) is 4.99 Å². The summed E-state index contributed by atoms with van der Waals surface area (Å²) in [6.45, 7) is 5.71. The second-order valence-electron chi connectivity index (χ2n) is 5.54. The summed E-state index contributed by atoms with van der Waals surface area (Å²) in [6, 6.07) is 0. The van der Waals surface area contributed by atoms with Gasteiger partial charge in [-0.05, 0) is 43.6 Å². The van der Waals surface area contributed by atoms with Crippen molar-refractivity contribution < 1.29 is 0 Å². The summed E-state index contributed by atoms with van der Waals surface area (Å²) in [5.41, 5.74) is 5.57. The summed E-state index contributed by atoms with van der Waals surface area (Å²) in [4.78, 5) is 3.19. The average molecular weight is 240 g/mol. The predicted octanol–water partition coefficient (Wildman–Crippen LogP) is 2.42. The van der Waals surface area contributed by atoms with Crippen LogP contribution in [-0.2, 0) is 0 Å². The maximum Gasteiger partial charge on any atom is 0.0740 e. The molecular formula is C13H24N2S. The Morgan fingerprint density at radius 3 is 2.69 bits per heavy atom. The summed E-state index contributed by atoms with van der Waals surface area (Å²) in [6.07, 6.45) is 6.86. The maximum absolute atomic E-state index is 5.57. The fourth-order valence-corrected chi connectivity index (χ4v) is 3.67. The minimum Gasteiger partial charge on any atom is -0.393 e. The molecule has 16 heavy (non-hydrogen) atoms. The molecule has 0 aromatic rings. The molecule has 2 bridgehead atoms. The third-order valence-corrected chi connectivity index (χ3v) is 4.70. The smallest absolute Gasteiger partial charge is 0.0740 e. The van der Waals surface area contributed by atoms with Gasteiger partial charge in [-0.1, -0.05) is 25.6 Å². The fraction of sp³-hybridized carbons (Fsp3) is 0.923. The van der Waals surface area contributed by atoms with Crippen molar-refractivity contribution in [1.29, 1.82) is 0 Å². The Hall–Kier alpha value is -0.150. The lowest BCUT2D eigenvalue weighted by atomic mass is 9.88. The highest BCUT2D eigenvalue weighted by molar-refractivity contribution is 7.80. The second-order valence-corrected chi connectivity index (χ2v) is 6.07. The lowest BCUT2D eigenvalue weighted by Gasteiger charge is -2.29. The van der Waals surface area contributed by atoms with Crippen molar-refractivity contribution in [2.45, 2.75) is 39.0 Å². The minimum atomic E-state index is 0.659. The number of hydrogen-bond acceptors (Lipinski definition) is 2. The Morgan fingerprint density at radius 1 is 1.38 bits per heavy atom. The van der Waals surface area contributed by atoms with Crippen LogP contribution in [0.4, 0.5) is 0 Å². The highest BCUT2D eigenvalue weighted by atomic mass is 32.1. The first-order valence-corrected chi connectivity index (χ1v) is 7.10. The molecule has 2 N–H and O–H groups in total. The zero-order valence-corrected chi connectivity index (χ0v) is 11.1. The minimum absolute atomic E-state index is 0.659. The molecule has 0 aromatic carbocycles. The van der Waals surface area contributed by atoms with Gasteiger partial charge in [0, 0.05) is 19.5 Å². The van der Waals surface area contributed by atoms with Gasteiger partial charge in [-0.25, -0.2) is 0 Å². The highest BCUT2D eigenvalue weighted by Gasteiger charge is 2.39. The van der Waals surface area contributed by atoms with E-state index in [9.17, 15) is 0 Å². The Morgan fingerprint density at radius 2 is 2.19 bits per heavy atom. The van der Waals surface area contributed by atoms with Gasteiger partial charge in [-0.3, -0.25) is 0 Å². The first-order valence-electron chi connectivity index (χ1n) is 6.69. The molecule has 2 nitrogen and oxygen atoms in total. The van der Waals surface area contributed by atoms with Gasteiger partial charge < -0.3 is 10.6 Å². The zero-order valence-electron chi connectivity index (χ0n) is 10.3. The number of rotatable bonds is 6. The molecule has 3 heteroatoms. The monoisotopic (exact) mass is 240 g/mol. The zero-order chi connectivity index (χ0) is 11.5. The normalized spacial score (nSPS) is 32.5. The van der Waals surface area contributed by atoms with Crippen LogP contribution in [0.15, 0.2) is 0 Å². The fourth-order valence-electron chi connectivity index (χ4n) is 3.58. The summed E-state index contributed by atoms with van der Waals surface area (Å²) in [5, 5.41) is 0. The molecule has 0 aliphatic heterocycles. The van der Waals surface area contributed by atoms with E-state index in [1.54, 1.807) is 0 Å². The van der Waals surface area contributed by atoms with Gasteiger partial charge in [0.2, 0.25) is 0 Å². The molecule has 0 saturated heterocycles. The van der Waals surface area contributed by atoms with Gasteiger partial charge in [0.25, 0.3) is 0 Å². The topological polar surface area (TPSA) is 29.3 Å². The van der Waals surface area contributed by atoms with E-state index in [1.807, 2.05) is 0 Å². The van der Waals surface area contributed by atoms with Gasteiger partial charge in [0.15, 0.2) is 0 Å². The summed E-state index contributed by atoms with van der Waals surface area (Å²) in [5.74, 6) is 3.05. The average Bonchev–Trinajstić information content (AvgIpc) is 2.85. The molecule has 0 spiro atoms. The summed E-state index contributed by atoms with van der Waals surface area (Å²) >= 11 is 4.95. The van der Waals surface area contributed by atoms with Crippen LogP contribution in [0.3, 0.4) is 0 Å². The Bertz CT molecular complexity index is 254. The molecule has 0 heterocycles. The molecule has 3 unspecified atom stereocenters. The molecule has 2 aliphatic rings. The number of nitrogens with two attached hydrogens (primary N) is 1. The molecule has 3 atom stereocenters. The molecule has 0 amide bonds. The van der Waals surface area contributed by atoms with E-state index < -0.39 is 0 Å². The Kier molecular flexibility index (Phi) is 4.20. The molecule has 2 aliphatic carbocycles. The molecule has 0 radical (unpaired) electrons. The second kappa shape index (κ2) is 5.46. The molecule has 2 rings (SSSR count). The van der Waals surface area contributed by atoms with Crippen molar-refractivity contribution in [3.63, 3.8) is 0 Å². The van der Waals surface area contributed by atoms with E-state index in [0.717, 1.165) is 37.3 Å². The van der Waals surface area contributed by atoms with E-state index in [2.05, 4.69) is 11.8 Å². The molecule has 92 valence electrons. The van der Waals surface area contributed by atoms with E-state index in [-0.39, 0.29) is 0 Å². The number of hydrogen-bond donors (Lipinski definition) is 1. The van der Waals surface area contributed by atoms with Gasteiger partial charge in [-0.2, -0.15) is 0 Å². The largest absolute Gasteiger partial charge is 0.393 e. The lowest BCUT2D eigenvalue weighted by molar-refractivity contribution is 0.200. The first-order chi connectivity index (χ1) is 7.69. The van der Waals surface area contributed by atoms with Crippen molar-refractivity contribution in [3.8, 4) is 0 Å². The van der Waals surface area contributed by atoms with E-state index in [1.165, 1.54) is 32.2 Å². The third-order valence-electron chi connectivity index (χ3n) is 4.50. The SMILES string of the molecule is CCN(CCC(N)=S)CC1CC2CCC1C2. The van der Waals surface area contributed by atoms with Crippen LogP contribution < -0.4 is 5.73 Å². The number of fused-ring (bicyclic) bond motifs is 2. The van der Waals surface area contributed by atoms with Crippen LogP contribution in [-0.4, -0.2) is 29.5 Å². The van der Waals surface area contributed by atoms with Crippen molar-refractivity contribution >= 4 is 17.2 Å².